The fourth-order valence-electron chi connectivity index (χ4n) is 2.28. The van der Waals surface area contributed by atoms with Crippen molar-refractivity contribution >= 4 is 11.9 Å². The lowest BCUT2D eigenvalue weighted by Crippen LogP contribution is -2.44. The van der Waals surface area contributed by atoms with Gasteiger partial charge in [-0.05, 0) is 19.3 Å². The molecule has 20 heavy (non-hydrogen) atoms. The molecular formula is C14H26N2O4. The molecule has 0 spiro atoms. The van der Waals surface area contributed by atoms with Crippen molar-refractivity contribution < 1.29 is 19.1 Å². The molecule has 0 aromatic rings. The van der Waals surface area contributed by atoms with Gasteiger partial charge in [0.2, 0.25) is 5.91 Å². The standard InChI is InChI=1S/C14H26N2O4/c1-19-11-10-15(9-6-14(18)20-2)12-13(17)16-7-4-3-5-8-16/h3-12H2,1-2H3. The lowest BCUT2D eigenvalue weighted by molar-refractivity contribution is -0.142. The monoisotopic (exact) mass is 286 g/mol. The molecule has 1 saturated heterocycles. The Labute approximate surface area is 121 Å². The Bertz CT molecular complexity index is 304. The number of ether oxygens (including phenoxy) is 2. The summed E-state index contributed by atoms with van der Waals surface area (Å²) in [7, 11) is 3.01. The van der Waals surface area contributed by atoms with E-state index >= 15 is 0 Å². The van der Waals surface area contributed by atoms with Gasteiger partial charge >= 0.3 is 5.97 Å². The molecule has 1 heterocycles. The molecule has 1 rings (SSSR count). The molecule has 1 aliphatic heterocycles. The third kappa shape index (κ3) is 6.34. The van der Waals surface area contributed by atoms with Crippen LogP contribution in [0.2, 0.25) is 0 Å². The van der Waals surface area contributed by atoms with Crippen molar-refractivity contribution in [3.63, 3.8) is 0 Å². The number of hydrogen-bond acceptors (Lipinski definition) is 5. The molecule has 0 saturated carbocycles. The summed E-state index contributed by atoms with van der Waals surface area (Å²) in [6.45, 7) is 3.78. The van der Waals surface area contributed by atoms with E-state index in [4.69, 9.17) is 4.74 Å². The van der Waals surface area contributed by atoms with Crippen LogP contribution in [0.1, 0.15) is 25.7 Å². The highest BCUT2D eigenvalue weighted by Crippen LogP contribution is 2.09. The van der Waals surface area contributed by atoms with Crippen LogP contribution < -0.4 is 0 Å². The van der Waals surface area contributed by atoms with E-state index in [-0.39, 0.29) is 11.9 Å². The minimum absolute atomic E-state index is 0.144. The molecule has 6 nitrogen and oxygen atoms in total. The van der Waals surface area contributed by atoms with Gasteiger partial charge in [0, 0.05) is 33.3 Å². The van der Waals surface area contributed by atoms with E-state index in [9.17, 15) is 9.59 Å². The van der Waals surface area contributed by atoms with Crippen molar-refractivity contribution in [2.24, 2.45) is 0 Å². The Balaban J connectivity index is 2.40. The Morgan fingerprint density at radius 1 is 1.10 bits per heavy atom. The quantitative estimate of drug-likeness (QED) is 0.609. The maximum absolute atomic E-state index is 12.2. The smallest absolute Gasteiger partial charge is 0.306 e. The lowest BCUT2D eigenvalue weighted by atomic mass is 10.1. The molecule has 0 aliphatic carbocycles. The van der Waals surface area contributed by atoms with E-state index in [2.05, 4.69) is 4.74 Å². The molecule has 0 atom stereocenters. The van der Waals surface area contributed by atoms with Crippen molar-refractivity contribution in [2.45, 2.75) is 25.7 Å². The van der Waals surface area contributed by atoms with Crippen molar-refractivity contribution in [1.82, 2.24) is 9.80 Å². The van der Waals surface area contributed by atoms with Gasteiger partial charge in [0.1, 0.15) is 0 Å². The van der Waals surface area contributed by atoms with Crippen LogP contribution in [0, 0.1) is 0 Å². The first-order valence-corrected chi connectivity index (χ1v) is 7.23. The number of amides is 1. The van der Waals surface area contributed by atoms with Crippen LogP contribution in [0.15, 0.2) is 0 Å². The number of methoxy groups -OCH3 is 2. The summed E-state index contributed by atoms with van der Waals surface area (Å²) in [4.78, 5) is 27.3. The zero-order valence-electron chi connectivity index (χ0n) is 12.6. The van der Waals surface area contributed by atoms with Crippen LogP contribution in [0.25, 0.3) is 0 Å². The molecule has 0 radical (unpaired) electrons. The third-order valence-electron chi connectivity index (χ3n) is 3.54. The van der Waals surface area contributed by atoms with Gasteiger partial charge in [-0.2, -0.15) is 0 Å². The van der Waals surface area contributed by atoms with E-state index in [0.717, 1.165) is 25.9 Å². The van der Waals surface area contributed by atoms with E-state index < -0.39 is 0 Å². The van der Waals surface area contributed by atoms with E-state index in [1.165, 1.54) is 13.5 Å². The first-order valence-electron chi connectivity index (χ1n) is 7.23. The van der Waals surface area contributed by atoms with Crippen molar-refractivity contribution in [3.8, 4) is 0 Å². The molecule has 1 fully saturated rings. The molecule has 0 bridgehead atoms. The number of carbonyl (C=O) groups excluding carboxylic acids is 2. The predicted octanol–water partition coefficient (Wildman–Crippen LogP) is 0.510. The average Bonchev–Trinajstić information content (AvgIpc) is 2.50. The number of carbonyl (C=O) groups is 2. The fraction of sp³-hybridized carbons (Fsp3) is 0.857. The summed E-state index contributed by atoms with van der Waals surface area (Å²) in [5, 5.41) is 0. The van der Waals surface area contributed by atoms with Crippen molar-refractivity contribution in [1.29, 1.82) is 0 Å². The predicted molar refractivity (Wildman–Crippen MR) is 75.4 cm³/mol. The van der Waals surface area contributed by atoms with E-state index in [1.54, 1.807) is 7.11 Å². The largest absolute Gasteiger partial charge is 0.469 e. The molecule has 0 unspecified atom stereocenters. The summed E-state index contributed by atoms with van der Waals surface area (Å²) in [6.07, 6.45) is 3.69. The van der Waals surface area contributed by atoms with Crippen LogP contribution in [0.3, 0.4) is 0 Å². The molecule has 6 heteroatoms. The van der Waals surface area contributed by atoms with Crippen LogP contribution in [0.5, 0.6) is 0 Å². The molecule has 0 aromatic heterocycles. The molecule has 0 N–H and O–H groups in total. The van der Waals surface area contributed by atoms with Crippen molar-refractivity contribution in [3.05, 3.63) is 0 Å². The summed E-state index contributed by atoms with van der Waals surface area (Å²) in [6, 6.07) is 0. The lowest BCUT2D eigenvalue weighted by Gasteiger charge is -2.29. The number of rotatable bonds is 8. The number of piperidine rings is 1. The Hall–Kier alpha value is -1.14. The van der Waals surface area contributed by atoms with Crippen LogP contribution in [-0.4, -0.2) is 75.2 Å². The zero-order valence-corrected chi connectivity index (χ0v) is 12.6. The fourth-order valence-corrected chi connectivity index (χ4v) is 2.28. The average molecular weight is 286 g/mol. The molecule has 116 valence electrons. The summed E-state index contributed by atoms with van der Waals surface area (Å²) in [5.41, 5.74) is 0. The second-order valence-corrected chi connectivity index (χ2v) is 5.04. The Morgan fingerprint density at radius 2 is 1.80 bits per heavy atom. The van der Waals surface area contributed by atoms with Crippen LogP contribution in [0.4, 0.5) is 0 Å². The van der Waals surface area contributed by atoms with E-state index in [0.29, 0.717) is 32.7 Å². The number of nitrogens with zero attached hydrogens (tertiary/aromatic N) is 2. The topological polar surface area (TPSA) is 59.1 Å². The SMILES string of the molecule is COCCN(CCC(=O)OC)CC(=O)N1CCCCC1. The number of hydrogen-bond donors (Lipinski definition) is 0. The van der Waals surface area contributed by atoms with Crippen LogP contribution >= 0.6 is 0 Å². The Morgan fingerprint density at radius 3 is 2.40 bits per heavy atom. The summed E-state index contributed by atoms with van der Waals surface area (Å²) >= 11 is 0. The first kappa shape index (κ1) is 16.9. The second kappa shape index (κ2) is 9.72. The van der Waals surface area contributed by atoms with Gasteiger partial charge in [-0.25, -0.2) is 0 Å². The van der Waals surface area contributed by atoms with Crippen LogP contribution in [-0.2, 0) is 19.1 Å². The molecule has 0 aromatic carbocycles. The summed E-state index contributed by atoms with van der Waals surface area (Å²) < 4.78 is 9.68. The number of esters is 1. The Kier molecular flexibility index (Phi) is 8.22. The maximum atomic E-state index is 12.2. The normalized spacial score (nSPS) is 15.4. The first-order chi connectivity index (χ1) is 9.67. The van der Waals surface area contributed by atoms with Gasteiger partial charge in [0.05, 0.1) is 26.7 Å². The van der Waals surface area contributed by atoms with Gasteiger partial charge in [-0.1, -0.05) is 0 Å². The van der Waals surface area contributed by atoms with Crippen molar-refractivity contribution in [2.75, 3.05) is 53.6 Å². The van der Waals surface area contributed by atoms with Gasteiger partial charge in [-0.15, -0.1) is 0 Å². The highest BCUT2D eigenvalue weighted by molar-refractivity contribution is 5.78. The highest BCUT2D eigenvalue weighted by atomic mass is 16.5. The van der Waals surface area contributed by atoms with Gasteiger partial charge in [-0.3, -0.25) is 14.5 Å². The van der Waals surface area contributed by atoms with Gasteiger partial charge in [0.15, 0.2) is 0 Å². The zero-order chi connectivity index (χ0) is 14.8. The molecular weight excluding hydrogens is 260 g/mol. The number of likely N-dealkylation sites (tertiary alicyclic amines) is 1. The maximum Gasteiger partial charge on any atom is 0.306 e. The second-order valence-electron chi connectivity index (χ2n) is 5.04. The minimum Gasteiger partial charge on any atom is -0.469 e. The third-order valence-corrected chi connectivity index (χ3v) is 3.54. The van der Waals surface area contributed by atoms with E-state index in [1.807, 2.05) is 9.80 Å². The van der Waals surface area contributed by atoms with Gasteiger partial charge in [0.25, 0.3) is 0 Å². The highest BCUT2D eigenvalue weighted by Gasteiger charge is 2.19. The summed E-state index contributed by atoms with van der Waals surface area (Å²) in [5.74, 6) is -0.108. The van der Waals surface area contributed by atoms with Gasteiger partial charge < -0.3 is 14.4 Å². The minimum atomic E-state index is -0.252. The molecule has 1 aliphatic rings. The molecule has 1 amide bonds.